The van der Waals surface area contributed by atoms with E-state index in [1.807, 2.05) is 27.7 Å². The van der Waals surface area contributed by atoms with Crippen LogP contribution in [-0.4, -0.2) is 29.2 Å². The molecule has 1 aliphatic heterocycles. The molecular weight excluding hydrogens is 240 g/mol. The Labute approximate surface area is 116 Å². The molecule has 0 spiro atoms. The van der Waals surface area contributed by atoms with Gasteiger partial charge in [-0.3, -0.25) is 0 Å². The van der Waals surface area contributed by atoms with Crippen molar-refractivity contribution < 1.29 is 9.53 Å². The van der Waals surface area contributed by atoms with Gasteiger partial charge in [0.15, 0.2) is 0 Å². The van der Waals surface area contributed by atoms with Crippen LogP contribution in [-0.2, 0) is 4.74 Å². The van der Waals surface area contributed by atoms with Crippen LogP contribution in [0.3, 0.4) is 0 Å². The number of carbonyl (C=O) groups excluding carboxylic acids is 1. The zero-order chi connectivity index (χ0) is 14.5. The van der Waals surface area contributed by atoms with Crippen molar-refractivity contribution in [3.05, 3.63) is 0 Å². The lowest BCUT2D eigenvalue weighted by atomic mass is 9.94. The maximum absolute atomic E-state index is 12.3. The van der Waals surface area contributed by atoms with E-state index < -0.39 is 5.60 Å². The van der Waals surface area contributed by atoms with Gasteiger partial charge in [-0.15, -0.1) is 0 Å². The van der Waals surface area contributed by atoms with Crippen LogP contribution in [0.5, 0.6) is 0 Å². The fraction of sp³-hybridized carbons (Fsp3) is 0.867. The van der Waals surface area contributed by atoms with Crippen molar-refractivity contribution in [3.63, 3.8) is 0 Å². The van der Waals surface area contributed by atoms with E-state index in [9.17, 15) is 10.1 Å². The van der Waals surface area contributed by atoms with Crippen molar-refractivity contribution in [2.45, 2.75) is 71.4 Å². The van der Waals surface area contributed by atoms with Gasteiger partial charge in [-0.1, -0.05) is 19.8 Å². The molecule has 0 aromatic rings. The highest BCUT2D eigenvalue weighted by Crippen LogP contribution is 2.26. The minimum atomic E-state index is -0.484. The minimum absolute atomic E-state index is 0.00681. The molecule has 19 heavy (non-hydrogen) atoms. The Balaban J connectivity index is 2.84. The average Bonchev–Trinajstić information content (AvgIpc) is 2.54. The zero-order valence-corrected chi connectivity index (χ0v) is 12.6. The molecule has 2 unspecified atom stereocenters. The molecule has 1 aliphatic rings. The predicted octanol–water partition coefficient (Wildman–Crippen LogP) is 3.72. The molecule has 4 heteroatoms. The Bertz CT molecular complexity index is 341. The number of hydrogen-bond acceptors (Lipinski definition) is 3. The molecule has 108 valence electrons. The van der Waals surface area contributed by atoms with Gasteiger partial charge < -0.3 is 9.64 Å². The molecule has 1 rings (SSSR count). The standard InChI is InChI=1S/C15H26N2O2/c1-5-12(11-16)13-9-7-6-8-10-17(13)14(18)19-15(2,3)4/h12-13H,5-10H2,1-4H3. The van der Waals surface area contributed by atoms with Crippen molar-refractivity contribution in [1.82, 2.24) is 4.90 Å². The van der Waals surface area contributed by atoms with Gasteiger partial charge in [0.05, 0.1) is 18.0 Å². The van der Waals surface area contributed by atoms with E-state index in [0.29, 0.717) is 6.54 Å². The molecule has 0 aromatic carbocycles. The summed E-state index contributed by atoms with van der Waals surface area (Å²) in [7, 11) is 0. The van der Waals surface area contributed by atoms with E-state index in [-0.39, 0.29) is 18.1 Å². The van der Waals surface area contributed by atoms with E-state index in [1.165, 1.54) is 0 Å². The summed E-state index contributed by atoms with van der Waals surface area (Å²) < 4.78 is 5.48. The third kappa shape index (κ3) is 4.74. The van der Waals surface area contributed by atoms with E-state index in [0.717, 1.165) is 32.1 Å². The number of hydrogen-bond donors (Lipinski definition) is 0. The monoisotopic (exact) mass is 266 g/mol. The Morgan fingerprint density at radius 1 is 1.42 bits per heavy atom. The first-order chi connectivity index (χ1) is 8.89. The second kappa shape index (κ2) is 6.79. The quantitative estimate of drug-likeness (QED) is 0.765. The molecule has 0 bridgehead atoms. The van der Waals surface area contributed by atoms with E-state index in [4.69, 9.17) is 4.74 Å². The number of nitriles is 1. The van der Waals surface area contributed by atoms with Crippen LogP contribution in [0.15, 0.2) is 0 Å². The third-order valence-corrected chi connectivity index (χ3v) is 3.50. The summed E-state index contributed by atoms with van der Waals surface area (Å²) in [6.07, 6.45) is 4.62. The summed E-state index contributed by atoms with van der Waals surface area (Å²) in [6.45, 7) is 8.34. The summed E-state index contributed by atoms with van der Waals surface area (Å²) in [5.74, 6) is -0.0920. The predicted molar refractivity (Wildman–Crippen MR) is 74.6 cm³/mol. The minimum Gasteiger partial charge on any atom is -0.444 e. The van der Waals surface area contributed by atoms with Gasteiger partial charge in [0.1, 0.15) is 5.60 Å². The van der Waals surface area contributed by atoms with Crippen molar-refractivity contribution in [3.8, 4) is 6.07 Å². The molecule has 1 heterocycles. The highest BCUT2D eigenvalue weighted by molar-refractivity contribution is 5.68. The van der Waals surface area contributed by atoms with E-state index >= 15 is 0 Å². The fourth-order valence-electron chi connectivity index (χ4n) is 2.55. The Morgan fingerprint density at radius 3 is 2.63 bits per heavy atom. The Kier molecular flexibility index (Phi) is 5.65. The molecule has 1 fully saturated rings. The average molecular weight is 266 g/mol. The van der Waals surface area contributed by atoms with Crippen LogP contribution in [0.25, 0.3) is 0 Å². The largest absolute Gasteiger partial charge is 0.444 e. The van der Waals surface area contributed by atoms with Gasteiger partial charge in [0.2, 0.25) is 0 Å². The molecule has 1 amide bonds. The number of ether oxygens (including phenoxy) is 1. The van der Waals surface area contributed by atoms with Crippen LogP contribution in [0, 0.1) is 17.2 Å². The van der Waals surface area contributed by atoms with Crippen molar-refractivity contribution >= 4 is 6.09 Å². The lowest BCUT2D eigenvalue weighted by Gasteiger charge is -2.34. The first-order valence-electron chi connectivity index (χ1n) is 7.28. The number of amides is 1. The van der Waals surface area contributed by atoms with Gasteiger partial charge in [0.25, 0.3) is 0 Å². The van der Waals surface area contributed by atoms with Crippen LogP contribution >= 0.6 is 0 Å². The Morgan fingerprint density at radius 2 is 2.11 bits per heavy atom. The van der Waals surface area contributed by atoms with Gasteiger partial charge in [-0.2, -0.15) is 5.26 Å². The highest BCUT2D eigenvalue weighted by Gasteiger charge is 2.33. The van der Waals surface area contributed by atoms with Gasteiger partial charge in [-0.05, 0) is 40.0 Å². The number of rotatable bonds is 2. The van der Waals surface area contributed by atoms with Gasteiger partial charge in [-0.25, -0.2) is 4.79 Å². The molecule has 0 aromatic heterocycles. The van der Waals surface area contributed by atoms with Crippen LogP contribution < -0.4 is 0 Å². The second-order valence-corrected chi connectivity index (χ2v) is 6.23. The lowest BCUT2D eigenvalue weighted by Crippen LogP contribution is -2.46. The molecule has 0 radical (unpaired) electrons. The molecule has 4 nitrogen and oxygen atoms in total. The highest BCUT2D eigenvalue weighted by atomic mass is 16.6. The summed E-state index contributed by atoms with van der Waals surface area (Å²) in [6, 6.07) is 2.35. The van der Waals surface area contributed by atoms with Crippen molar-refractivity contribution in [2.24, 2.45) is 5.92 Å². The Hall–Kier alpha value is -1.24. The molecular formula is C15H26N2O2. The van der Waals surface area contributed by atoms with Crippen LogP contribution in [0.2, 0.25) is 0 Å². The summed E-state index contributed by atoms with van der Waals surface area (Å²) in [5, 5.41) is 9.27. The molecule has 0 aliphatic carbocycles. The maximum atomic E-state index is 12.3. The number of carbonyl (C=O) groups is 1. The van der Waals surface area contributed by atoms with Gasteiger partial charge >= 0.3 is 6.09 Å². The smallest absolute Gasteiger partial charge is 0.410 e. The maximum Gasteiger partial charge on any atom is 0.410 e. The second-order valence-electron chi connectivity index (χ2n) is 6.23. The molecule has 0 saturated carbocycles. The summed E-state index contributed by atoms with van der Waals surface area (Å²) >= 11 is 0. The SMILES string of the molecule is CCC(C#N)C1CCCCCN1C(=O)OC(C)(C)C. The van der Waals surface area contributed by atoms with Crippen molar-refractivity contribution in [1.29, 1.82) is 5.26 Å². The number of nitrogens with zero attached hydrogens (tertiary/aromatic N) is 2. The third-order valence-electron chi connectivity index (χ3n) is 3.50. The molecule has 1 saturated heterocycles. The summed E-state index contributed by atoms with van der Waals surface area (Å²) in [5.41, 5.74) is -0.484. The van der Waals surface area contributed by atoms with Gasteiger partial charge in [0, 0.05) is 6.54 Å². The van der Waals surface area contributed by atoms with Crippen LogP contribution in [0.1, 0.15) is 59.8 Å². The van der Waals surface area contributed by atoms with E-state index in [2.05, 4.69) is 6.07 Å². The topological polar surface area (TPSA) is 53.3 Å². The van der Waals surface area contributed by atoms with E-state index in [1.54, 1.807) is 4.90 Å². The molecule has 2 atom stereocenters. The number of likely N-dealkylation sites (tertiary alicyclic amines) is 1. The first-order valence-corrected chi connectivity index (χ1v) is 7.28. The lowest BCUT2D eigenvalue weighted by molar-refractivity contribution is 0.0125. The fourth-order valence-corrected chi connectivity index (χ4v) is 2.55. The summed E-state index contributed by atoms with van der Waals surface area (Å²) in [4.78, 5) is 14.1. The van der Waals surface area contributed by atoms with Crippen molar-refractivity contribution in [2.75, 3.05) is 6.54 Å². The van der Waals surface area contributed by atoms with Crippen LogP contribution in [0.4, 0.5) is 4.79 Å². The normalized spacial score (nSPS) is 22.3. The first kappa shape index (κ1) is 15.8. The molecule has 0 N–H and O–H groups in total. The zero-order valence-electron chi connectivity index (χ0n) is 12.6.